The zero-order valence-electron chi connectivity index (χ0n) is 25.4. The van der Waals surface area contributed by atoms with Gasteiger partial charge in [-0.2, -0.15) is 0 Å². The molecular formula is C44H27NO2. The first kappa shape index (κ1) is 26.0. The van der Waals surface area contributed by atoms with E-state index < -0.39 is 0 Å². The monoisotopic (exact) mass is 601 g/mol. The van der Waals surface area contributed by atoms with Crippen molar-refractivity contribution in [3.63, 3.8) is 0 Å². The summed E-state index contributed by atoms with van der Waals surface area (Å²) in [6, 6.07) is 57.6. The number of hydrogen-bond acceptors (Lipinski definition) is 3. The van der Waals surface area contributed by atoms with Crippen LogP contribution in [0.25, 0.3) is 76.5 Å². The molecule has 3 heteroatoms. The summed E-state index contributed by atoms with van der Waals surface area (Å²) < 4.78 is 13.8. The molecule has 0 amide bonds. The fourth-order valence-corrected chi connectivity index (χ4v) is 7.35. The van der Waals surface area contributed by atoms with E-state index in [9.17, 15) is 0 Å². The highest BCUT2D eigenvalue weighted by Crippen LogP contribution is 2.49. The van der Waals surface area contributed by atoms with Crippen LogP contribution in [0.1, 0.15) is 0 Å². The molecule has 0 atom stereocenters. The van der Waals surface area contributed by atoms with E-state index >= 15 is 0 Å². The van der Waals surface area contributed by atoms with Gasteiger partial charge in [-0.25, -0.2) is 0 Å². The van der Waals surface area contributed by atoms with Crippen molar-refractivity contribution in [3.8, 4) is 11.1 Å². The molecule has 2 heterocycles. The number of nitrogens with zero attached hydrogens (tertiary/aromatic N) is 1. The summed E-state index contributed by atoms with van der Waals surface area (Å²) in [7, 11) is 0. The summed E-state index contributed by atoms with van der Waals surface area (Å²) in [5.41, 5.74) is 8.61. The molecule has 10 rings (SSSR count). The second kappa shape index (κ2) is 10.1. The van der Waals surface area contributed by atoms with Gasteiger partial charge in [0.15, 0.2) is 11.2 Å². The van der Waals surface area contributed by atoms with Gasteiger partial charge in [-0.15, -0.1) is 0 Å². The predicted molar refractivity (Wildman–Crippen MR) is 196 cm³/mol. The van der Waals surface area contributed by atoms with Crippen molar-refractivity contribution in [2.45, 2.75) is 0 Å². The normalized spacial score (nSPS) is 11.8. The molecule has 0 aliphatic heterocycles. The number of benzene rings is 8. The molecule has 220 valence electrons. The van der Waals surface area contributed by atoms with Gasteiger partial charge >= 0.3 is 0 Å². The molecule has 0 saturated heterocycles. The van der Waals surface area contributed by atoms with E-state index in [0.29, 0.717) is 0 Å². The Kier molecular flexibility index (Phi) is 5.57. The van der Waals surface area contributed by atoms with Crippen LogP contribution in [0.4, 0.5) is 17.1 Å². The molecule has 0 aliphatic carbocycles. The van der Waals surface area contributed by atoms with Crippen LogP contribution in [-0.4, -0.2) is 0 Å². The van der Waals surface area contributed by atoms with Gasteiger partial charge in [0.2, 0.25) is 0 Å². The zero-order valence-corrected chi connectivity index (χ0v) is 25.4. The molecular weight excluding hydrogens is 574 g/mol. The lowest BCUT2D eigenvalue weighted by atomic mass is 9.95. The van der Waals surface area contributed by atoms with Crippen molar-refractivity contribution >= 4 is 82.5 Å². The lowest BCUT2D eigenvalue weighted by Crippen LogP contribution is -2.10. The minimum atomic E-state index is 0.832. The van der Waals surface area contributed by atoms with Crippen LogP contribution in [0.3, 0.4) is 0 Å². The fraction of sp³-hybridized carbons (Fsp3) is 0. The molecule has 0 radical (unpaired) electrons. The van der Waals surface area contributed by atoms with Gasteiger partial charge in [0.05, 0.1) is 11.4 Å². The minimum absolute atomic E-state index is 0.832. The smallest absolute Gasteiger partial charge is 0.159 e. The summed E-state index contributed by atoms with van der Waals surface area (Å²) in [5.74, 6) is 0. The molecule has 0 spiro atoms. The second-order valence-electron chi connectivity index (χ2n) is 12.1. The van der Waals surface area contributed by atoms with Crippen molar-refractivity contribution in [2.75, 3.05) is 4.90 Å². The third-order valence-electron chi connectivity index (χ3n) is 9.41. The van der Waals surface area contributed by atoms with Gasteiger partial charge in [-0.3, -0.25) is 0 Å². The third-order valence-corrected chi connectivity index (χ3v) is 9.41. The molecule has 0 bridgehead atoms. The molecule has 0 saturated carbocycles. The SMILES string of the molecule is c1ccc(-c2cc(N(c3ccccc3)c3cccc4c3oc3ccccc34)c3oc4c5ccccc5c5ccccc5c4c3c2)cc1. The first-order valence-corrected chi connectivity index (χ1v) is 15.9. The van der Waals surface area contributed by atoms with E-state index in [-0.39, 0.29) is 0 Å². The Balaban J connectivity index is 1.39. The first-order chi connectivity index (χ1) is 23.3. The third kappa shape index (κ3) is 3.87. The molecule has 0 unspecified atom stereocenters. The maximum atomic E-state index is 7.12. The van der Waals surface area contributed by atoms with E-state index in [2.05, 4.69) is 157 Å². The van der Waals surface area contributed by atoms with Crippen LogP contribution in [-0.2, 0) is 0 Å². The van der Waals surface area contributed by atoms with Gasteiger partial charge in [0.1, 0.15) is 11.2 Å². The first-order valence-electron chi connectivity index (χ1n) is 15.9. The van der Waals surface area contributed by atoms with Crippen molar-refractivity contribution in [1.29, 1.82) is 0 Å². The van der Waals surface area contributed by atoms with Gasteiger partial charge in [-0.05, 0) is 63.7 Å². The van der Waals surface area contributed by atoms with Gasteiger partial charge in [0, 0.05) is 32.6 Å². The number of hydrogen-bond donors (Lipinski definition) is 0. The Hall–Kier alpha value is -6.32. The predicted octanol–water partition coefficient (Wildman–Crippen LogP) is 12.9. The molecule has 10 aromatic rings. The van der Waals surface area contributed by atoms with Crippen LogP contribution in [0.15, 0.2) is 173 Å². The van der Waals surface area contributed by atoms with Crippen LogP contribution < -0.4 is 4.90 Å². The van der Waals surface area contributed by atoms with E-state index in [1.54, 1.807) is 0 Å². The maximum absolute atomic E-state index is 7.12. The van der Waals surface area contributed by atoms with Crippen molar-refractivity contribution < 1.29 is 8.83 Å². The lowest BCUT2D eigenvalue weighted by Gasteiger charge is -2.26. The highest BCUT2D eigenvalue weighted by molar-refractivity contribution is 6.31. The molecule has 0 aliphatic rings. The number of rotatable bonds is 4. The number of para-hydroxylation sites is 3. The molecule has 0 N–H and O–H groups in total. The van der Waals surface area contributed by atoms with Crippen molar-refractivity contribution in [2.24, 2.45) is 0 Å². The van der Waals surface area contributed by atoms with Crippen molar-refractivity contribution in [3.05, 3.63) is 164 Å². The van der Waals surface area contributed by atoms with Crippen LogP contribution in [0.5, 0.6) is 0 Å². The Morgan fingerprint density at radius 1 is 0.340 bits per heavy atom. The van der Waals surface area contributed by atoms with Crippen LogP contribution in [0.2, 0.25) is 0 Å². The topological polar surface area (TPSA) is 29.5 Å². The zero-order chi connectivity index (χ0) is 30.9. The standard InChI is InChI=1S/C44H27NO2/c1-3-14-28(15-4-1)29-26-37-41-34-21-9-7-18-31(34)32-19-8-10-22-35(32)44(41)47-43(37)39(27-29)45(30-16-5-2-6-17-30)38-24-13-23-36-33-20-11-12-25-40(33)46-42(36)38/h1-27H. The summed E-state index contributed by atoms with van der Waals surface area (Å²) in [4.78, 5) is 2.30. The number of furan rings is 2. The summed E-state index contributed by atoms with van der Waals surface area (Å²) >= 11 is 0. The Bertz CT molecular complexity index is 2790. The molecule has 2 aromatic heterocycles. The average molecular weight is 602 g/mol. The Morgan fingerprint density at radius 2 is 0.915 bits per heavy atom. The van der Waals surface area contributed by atoms with Crippen molar-refractivity contribution in [1.82, 2.24) is 0 Å². The van der Waals surface area contributed by atoms with E-state index in [1.165, 1.54) is 16.2 Å². The highest BCUT2D eigenvalue weighted by Gasteiger charge is 2.25. The largest absolute Gasteiger partial charge is 0.454 e. The summed E-state index contributed by atoms with van der Waals surface area (Å²) in [6.07, 6.45) is 0. The lowest BCUT2D eigenvalue weighted by molar-refractivity contribution is 0.667. The van der Waals surface area contributed by atoms with Crippen LogP contribution in [0, 0.1) is 0 Å². The molecule has 0 fully saturated rings. The molecule has 47 heavy (non-hydrogen) atoms. The van der Waals surface area contributed by atoms with E-state index in [1.807, 2.05) is 12.1 Å². The van der Waals surface area contributed by atoms with Crippen LogP contribution >= 0.6 is 0 Å². The van der Waals surface area contributed by atoms with Gasteiger partial charge in [0.25, 0.3) is 0 Å². The van der Waals surface area contributed by atoms with E-state index in [0.717, 1.165) is 77.5 Å². The number of fused-ring (bicyclic) bond motifs is 11. The summed E-state index contributed by atoms with van der Waals surface area (Å²) in [5, 5.41) is 9.08. The minimum Gasteiger partial charge on any atom is -0.454 e. The average Bonchev–Trinajstić information content (AvgIpc) is 3.73. The van der Waals surface area contributed by atoms with E-state index in [4.69, 9.17) is 8.83 Å². The molecule has 8 aromatic carbocycles. The number of anilines is 3. The Labute approximate surface area is 270 Å². The Morgan fingerprint density at radius 3 is 1.70 bits per heavy atom. The quantitative estimate of drug-likeness (QED) is 0.188. The van der Waals surface area contributed by atoms with Gasteiger partial charge < -0.3 is 13.7 Å². The maximum Gasteiger partial charge on any atom is 0.159 e. The van der Waals surface area contributed by atoms with Gasteiger partial charge in [-0.1, -0.05) is 127 Å². The molecule has 3 nitrogen and oxygen atoms in total. The fourth-order valence-electron chi connectivity index (χ4n) is 7.35. The second-order valence-corrected chi connectivity index (χ2v) is 12.1. The highest BCUT2D eigenvalue weighted by atomic mass is 16.3. The summed E-state index contributed by atoms with van der Waals surface area (Å²) in [6.45, 7) is 0.